The molecule has 1 aromatic heterocycles. The predicted octanol–water partition coefficient (Wildman–Crippen LogP) is 15.6. The minimum Gasteiger partial charge on any atom is -0.496 e. The van der Waals surface area contributed by atoms with Gasteiger partial charge in [-0.15, -0.1) is 0 Å². The number of fused-ring (bicyclic) bond motifs is 3. The zero-order valence-electron chi connectivity index (χ0n) is 35.5. The second-order valence-corrected chi connectivity index (χ2v) is 15.9. The first-order valence-electron chi connectivity index (χ1n) is 21.5. The minimum absolute atomic E-state index is 0.595. The van der Waals surface area contributed by atoms with Crippen molar-refractivity contribution >= 4 is 32.3 Å². The van der Waals surface area contributed by atoms with Gasteiger partial charge in [-0.25, -0.2) is 9.97 Å². The van der Waals surface area contributed by atoms with Crippen LogP contribution in [-0.2, 0) is 0 Å². The van der Waals surface area contributed by atoms with Crippen LogP contribution in [0.2, 0.25) is 0 Å². The molecule has 1 heterocycles. The Morgan fingerprint density at radius 1 is 0.297 bits per heavy atom. The molecule has 11 rings (SSSR count). The van der Waals surface area contributed by atoms with Gasteiger partial charge < -0.3 is 9.47 Å². The largest absolute Gasteiger partial charge is 0.496 e. The van der Waals surface area contributed by atoms with E-state index in [-0.39, 0.29) is 0 Å². The number of benzene rings is 10. The third kappa shape index (κ3) is 6.82. The number of hydrogen-bond acceptors (Lipinski definition) is 4. The summed E-state index contributed by atoms with van der Waals surface area (Å²) in [6, 6.07) is 76.9. The Kier molecular flexibility index (Phi) is 9.95. The van der Waals surface area contributed by atoms with Crippen molar-refractivity contribution in [2.75, 3.05) is 14.2 Å². The molecule has 0 unspecified atom stereocenters. The molecular weight excluding hydrogens is 781 g/mol. The summed E-state index contributed by atoms with van der Waals surface area (Å²) in [5.41, 5.74) is 13.0. The van der Waals surface area contributed by atoms with E-state index in [1.807, 2.05) is 42.5 Å². The molecule has 0 saturated carbocycles. The van der Waals surface area contributed by atoms with Crippen LogP contribution in [0.4, 0.5) is 0 Å². The van der Waals surface area contributed by atoms with E-state index in [0.717, 1.165) is 67.4 Å². The van der Waals surface area contributed by atoms with Crippen molar-refractivity contribution in [3.8, 4) is 89.9 Å². The molecule has 0 fully saturated rings. The van der Waals surface area contributed by atoms with Gasteiger partial charge in [-0.05, 0) is 108 Å². The second-order valence-electron chi connectivity index (χ2n) is 15.9. The maximum Gasteiger partial charge on any atom is 0.160 e. The average molecular weight is 823 g/mol. The fourth-order valence-electron chi connectivity index (χ4n) is 9.30. The molecule has 0 aliphatic rings. The molecule has 0 amide bonds. The molecule has 10 aromatic carbocycles. The highest BCUT2D eigenvalue weighted by Gasteiger charge is 2.25. The SMILES string of the molecule is COc1ccccc1-c1nc(-c2ccc(-c3c4ccccc4c(-c4ccc5ccccc5c4)c4ccccc34)cc2)nc(-c2ccccc2OC)c1-c1cccc(-c2ccccc2)c1. The highest BCUT2D eigenvalue weighted by molar-refractivity contribution is 6.21. The molecular formula is C60H42N2O2. The molecule has 0 aliphatic heterocycles. The number of nitrogens with zero attached hydrogens (tertiary/aromatic N) is 2. The summed E-state index contributed by atoms with van der Waals surface area (Å²) in [6.45, 7) is 0. The Morgan fingerprint density at radius 3 is 1.33 bits per heavy atom. The molecule has 4 nitrogen and oxygen atoms in total. The van der Waals surface area contributed by atoms with Gasteiger partial charge in [-0.2, -0.15) is 0 Å². The van der Waals surface area contributed by atoms with Crippen LogP contribution in [0.3, 0.4) is 0 Å². The van der Waals surface area contributed by atoms with E-state index in [1.165, 1.54) is 49.0 Å². The van der Waals surface area contributed by atoms with Gasteiger partial charge in [-0.1, -0.05) is 182 Å². The number of rotatable bonds is 9. The Balaban J connectivity index is 1.12. The monoisotopic (exact) mass is 822 g/mol. The van der Waals surface area contributed by atoms with Gasteiger partial charge in [0, 0.05) is 22.3 Å². The molecule has 0 spiro atoms. The van der Waals surface area contributed by atoms with Crippen molar-refractivity contribution < 1.29 is 9.47 Å². The lowest BCUT2D eigenvalue weighted by Gasteiger charge is -2.20. The highest BCUT2D eigenvalue weighted by atomic mass is 16.5. The van der Waals surface area contributed by atoms with Crippen LogP contribution < -0.4 is 9.47 Å². The highest BCUT2D eigenvalue weighted by Crippen LogP contribution is 2.47. The van der Waals surface area contributed by atoms with Crippen molar-refractivity contribution in [3.05, 3.63) is 218 Å². The lowest BCUT2D eigenvalue weighted by molar-refractivity contribution is 0.416. The number of ether oxygens (including phenoxy) is 2. The van der Waals surface area contributed by atoms with Gasteiger partial charge >= 0.3 is 0 Å². The summed E-state index contributed by atoms with van der Waals surface area (Å²) in [7, 11) is 3.41. The van der Waals surface area contributed by atoms with E-state index >= 15 is 0 Å². The summed E-state index contributed by atoms with van der Waals surface area (Å²) < 4.78 is 12.1. The van der Waals surface area contributed by atoms with Gasteiger partial charge in [-0.3, -0.25) is 0 Å². The van der Waals surface area contributed by atoms with E-state index in [1.54, 1.807) is 14.2 Å². The summed E-state index contributed by atoms with van der Waals surface area (Å²) in [4.78, 5) is 11.0. The molecule has 0 radical (unpaired) electrons. The molecule has 4 heteroatoms. The first kappa shape index (κ1) is 38.6. The lowest BCUT2D eigenvalue weighted by atomic mass is 9.85. The zero-order valence-corrected chi connectivity index (χ0v) is 35.5. The zero-order chi connectivity index (χ0) is 43.0. The van der Waals surface area contributed by atoms with Crippen molar-refractivity contribution in [1.29, 1.82) is 0 Å². The fraction of sp³-hybridized carbons (Fsp3) is 0.0333. The van der Waals surface area contributed by atoms with Crippen molar-refractivity contribution in [2.24, 2.45) is 0 Å². The summed E-state index contributed by atoms with van der Waals surface area (Å²) in [6.07, 6.45) is 0. The van der Waals surface area contributed by atoms with E-state index < -0.39 is 0 Å². The first-order valence-corrected chi connectivity index (χ1v) is 21.5. The smallest absolute Gasteiger partial charge is 0.160 e. The van der Waals surface area contributed by atoms with Crippen LogP contribution >= 0.6 is 0 Å². The maximum absolute atomic E-state index is 6.03. The van der Waals surface area contributed by atoms with Crippen molar-refractivity contribution in [2.45, 2.75) is 0 Å². The number of aromatic nitrogens is 2. The van der Waals surface area contributed by atoms with E-state index in [9.17, 15) is 0 Å². The van der Waals surface area contributed by atoms with Gasteiger partial charge in [0.05, 0.1) is 25.6 Å². The third-order valence-corrected chi connectivity index (χ3v) is 12.3. The molecule has 0 N–H and O–H groups in total. The van der Waals surface area contributed by atoms with E-state index in [4.69, 9.17) is 19.4 Å². The van der Waals surface area contributed by atoms with Gasteiger partial charge in [0.15, 0.2) is 5.82 Å². The van der Waals surface area contributed by atoms with Crippen LogP contribution in [0.5, 0.6) is 11.5 Å². The number of methoxy groups -OCH3 is 2. The van der Waals surface area contributed by atoms with Crippen molar-refractivity contribution in [1.82, 2.24) is 9.97 Å². The standard InChI is InChI=1S/C60H42N2O2/c1-63-53-29-14-12-27-51(53)58-57(45-22-16-21-44(37-45)39-17-4-3-5-18-39)59(52-28-13-15-30-54(52)64-2)62-60(61-58)42-34-32-41(33-35-42)55-47-23-8-10-25-49(47)56(50-26-11-9-24-48(50)55)46-36-31-40-19-6-7-20-43(40)38-46/h3-38H,1-2H3. The van der Waals surface area contributed by atoms with Crippen LogP contribution in [0.15, 0.2) is 218 Å². The van der Waals surface area contributed by atoms with Crippen LogP contribution in [0.25, 0.3) is 111 Å². The predicted molar refractivity (Wildman–Crippen MR) is 266 cm³/mol. The Bertz CT molecular complexity index is 3400. The van der Waals surface area contributed by atoms with Crippen molar-refractivity contribution in [3.63, 3.8) is 0 Å². The molecule has 0 aliphatic carbocycles. The Morgan fingerprint density at radius 2 is 0.734 bits per heavy atom. The summed E-state index contributed by atoms with van der Waals surface area (Å²) in [5.74, 6) is 2.04. The molecule has 0 saturated heterocycles. The number of hydrogen-bond donors (Lipinski definition) is 0. The maximum atomic E-state index is 6.03. The van der Waals surface area contributed by atoms with Crippen LogP contribution in [0.1, 0.15) is 0 Å². The quantitative estimate of drug-likeness (QED) is 0.136. The fourth-order valence-corrected chi connectivity index (χ4v) is 9.30. The van der Waals surface area contributed by atoms with E-state index in [2.05, 4.69) is 176 Å². The van der Waals surface area contributed by atoms with Gasteiger partial charge in [0.2, 0.25) is 0 Å². The Labute approximate surface area is 372 Å². The topological polar surface area (TPSA) is 44.2 Å². The average Bonchev–Trinajstić information content (AvgIpc) is 3.37. The summed E-state index contributed by atoms with van der Waals surface area (Å²) >= 11 is 0. The van der Waals surface area contributed by atoms with Gasteiger partial charge in [0.1, 0.15) is 11.5 Å². The molecule has 11 aromatic rings. The molecule has 0 atom stereocenters. The normalized spacial score (nSPS) is 11.3. The third-order valence-electron chi connectivity index (χ3n) is 12.3. The van der Waals surface area contributed by atoms with E-state index in [0.29, 0.717) is 5.82 Å². The molecule has 0 bridgehead atoms. The summed E-state index contributed by atoms with van der Waals surface area (Å²) in [5, 5.41) is 7.30. The minimum atomic E-state index is 0.595. The lowest BCUT2D eigenvalue weighted by Crippen LogP contribution is -2.03. The Hall–Kier alpha value is -8.34. The number of para-hydroxylation sites is 2. The first-order chi connectivity index (χ1) is 31.7. The van der Waals surface area contributed by atoms with Gasteiger partial charge in [0.25, 0.3) is 0 Å². The van der Waals surface area contributed by atoms with Crippen LogP contribution in [-0.4, -0.2) is 24.2 Å². The van der Waals surface area contributed by atoms with Crippen LogP contribution in [0, 0.1) is 0 Å². The molecule has 64 heavy (non-hydrogen) atoms. The molecule has 304 valence electrons. The second kappa shape index (κ2) is 16.5.